The highest BCUT2D eigenvalue weighted by Gasteiger charge is 2.12. The summed E-state index contributed by atoms with van der Waals surface area (Å²) in [5, 5.41) is 3.94. The van der Waals surface area contributed by atoms with Crippen molar-refractivity contribution in [2.75, 3.05) is 18.2 Å². The van der Waals surface area contributed by atoms with E-state index in [2.05, 4.69) is 15.3 Å². The van der Waals surface area contributed by atoms with Crippen molar-refractivity contribution in [3.8, 4) is 5.75 Å². The van der Waals surface area contributed by atoms with E-state index in [-0.39, 0.29) is 11.2 Å². The molecule has 3 N–H and O–H groups in total. The van der Waals surface area contributed by atoms with Crippen molar-refractivity contribution in [1.29, 1.82) is 0 Å². The van der Waals surface area contributed by atoms with Gasteiger partial charge in [0.15, 0.2) is 0 Å². The Labute approximate surface area is 139 Å². The molecule has 1 aromatic carbocycles. The molecule has 3 rings (SSSR count). The minimum atomic E-state index is -0.224. The van der Waals surface area contributed by atoms with Crippen molar-refractivity contribution in [1.82, 2.24) is 14.5 Å². The maximum absolute atomic E-state index is 12.3. The largest absolute Gasteiger partial charge is 0.497 e. The van der Waals surface area contributed by atoms with Crippen LogP contribution in [-0.4, -0.2) is 21.6 Å². The van der Waals surface area contributed by atoms with E-state index >= 15 is 0 Å². The van der Waals surface area contributed by atoms with E-state index in [1.54, 1.807) is 17.7 Å². The number of nitrogens with two attached hydrogens (primary N) is 1. The maximum Gasteiger partial charge on any atom is 0.275 e. The third kappa shape index (κ3) is 2.88. The fraction of sp³-hybridized carbons (Fsp3) is 0.235. The molecule has 3 aromatic rings. The molecule has 2 aromatic heterocycles. The Morgan fingerprint density at radius 1 is 1.25 bits per heavy atom. The van der Waals surface area contributed by atoms with Crippen LogP contribution in [0.2, 0.25) is 0 Å². The second-order valence-electron chi connectivity index (χ2n) is 5.37. The number of benzene rings is 1. The van der Waals surface area contributed by atoms with Gasteiger partial charge in [0.1, 0.15) is 23.5 Å². The number of aromatic nitrogens is 3. The van der Waals surface area contributed by atoms with Gasteiger partial charge in [0, 0.05) is 12.2 Å². The lowest BCUT2D eigenvalue weighted by atomic mass is 10.2. The average Bonchev–Trinajstić information content (AvgIpc) is 2.60. The summed E-state index contributed by atoms with van der Waals surface area (Å²) in [4.78, 5) is 20.8. The van der Waals surface area contributed by atoms with Gasteiger partial charge in [0.05, 0.1) is 18.2 Å². The second-order valence-corrected chi connectivity index (χ2v) is 5.37. The van der Waals surface area contributed by atoms with Gasteiger partial charge in [-0.3, -0.25) is 9.36 Å². The molecular formula is C17H19N5O2. The standard InChI is InChI=1S/C17H19N5O2/c1-3-8-22-16-13(9-14(18)17(22)23)15(19-10-20-16)21-11-4-6-12(24-2)7-5-11/h4-7,9-10H,3,8,18H2,1-2H3,(H,19,20,21). The summed E-state index contributed by atoms with van der Waals surface area (Å²) in [5.74, 6) is 1.37. The third-order valence-corrected chi connectivity index (χ3v) is 3.71. The number of aryl methyl sites for hydroxylation is 1. The number of rotatable bonds is 5. The first kappa shape index (κ1) is 15.8. The fourth-order valence-electron chi connectivity index (χ4n) is 2.55. The molecule has 0 atom stereocenters. The number of nitrogens with one attached hydrogen (secondary N) is 1. The molecular weight excluding hydrogens is 306 g/mol. The molecule has 0 aliphatic rings. The van der Waals surface area contributed by atoms with E-state index in [0.29, 0.717) is 23.4 Å². The van der Waals surface area contributed by atoms with Gasteiger partial charge < -0.3 is 15.8 Å². The molecule has 0 amide bonds. The van der Waals surface area contributed by atoms with Crippen LogP contribution in [0.1, 0.15) is 13.3 Å². The molecule has 0 spiro atoms. The van der Waals surface area contributed by atoms with Crippen molar-refractivity contribution in [2.24, 2.45) is 0 Å². The third-order valence-electron chi connectivity index (χ3n) is 3.71. The van der Waals surface area contributed by atoms with Crippen LogP contribution in [0.25, 0.3) is 11.0 Å². The molecule has 0 fully saturated rings. The second kappa shape index (κ2) is 6.57. The molecule has 7 heteroatoms. The highest BCUT2D eigenvalue weighted by atomic mass is 16.5. The van der Waals surface area contributed by atoms with Crippen LogP contribution in [0.5, 0.6) is 5.75 Å². The topological polar surface area (TPSA) is 95.1 Å². The lowest BCUT2D eigenvalue weighted by Crippen LogP contribution is -2.24. The number of fused-ring (bicyclic) bond motifs is 1. The Hall–Kier alpha value is -3.09. The summed E-state index contributed by atoms with van der Waals surface area (Å²) in [6.45, 7) is 2.55. The van der Waals surface area contributed by atoms with Gasteiger partial charge in [-0.2, -0.15) is 0 Å². The van der Waals surface area contributed by atoms with Crippen molar-refractivity contribution in [3.05, 3.63) is 47.0 Å². The fourth-order valence-corrected chi connectivity index (χ4v) is 2.55. The van der Waals surface area contributed by atoms with E-state index in [9.17, 15) is 4.79 Å². The number of nitrogen functional groups attached to an aromatic ring is 1. The number of ether oxygens (including phenoxy) is 1. The smallest absolute Gasteiger partial charge is 0.275 e. The molecule has 0 radical (unpaired) electrons. The molecule has 0 saturated heterocycles. The van der Waals surface area contributed by atoms with Gasteiger partial charge in [0.25, 0.3) is 5.56 Å². The molecule has 24 heavy (non-hydrogen) atoms. The van der Waals surface area contributed by atoms with Crippen LogP contribution in [0.15, 0.2) is 41.5 Å². The van der Waals surface area contributed by atoms with Crippen LogP contribution < -0.4 is 21.3 Å². The summed E-state index contributed by atoms with van der Waals surface area (Å²) in [7, 11) is 1.62. The van der Waals surface area contributed by atoms with Crippen molar-refractivity contribution >= 4 is 28.2 Å². The predicted octanol–water partition coefficient (Wildman–Crippen LogP) is 2.54. The molecule has 124 valence electrons. The van der Waals surface area contributed by atoms with Gasteiger partial charge >= 0.3 is 0 Å². The highest BCUT2D eigenvalue weighted by Crippen LogP contribution is 2.24. The zero-order valence-corrected chi connectivity index (χ0v) is 13.6. The minimum Gasteiger partial charge on any atom is -0.497 e. The van der Waals surface area contributed by atoms with Crippen molar-refractivity contribution in [3.63, 3.8) is 0 Å². The molecule has 7 nitrogen and oxygen atoms in total. The number of pyridine rings is 1. The first-order valence-electron chi connectivity index (χ1n) is 7.69. The van der Waals surface area contributed by atoms with Crippen molar-refractivity contribution < 1.29 is 4.74 Å². The summed E-state index contributed by atoms with van der Waals surface area (Å²) >= 11 is 0. The number of anilines is 3. The molecule has 0 aliphatic heterocycles. The molecule has 0 saturated carbocycles. The quantitative estimate of drug-likeness (QED) is 0.748. The Morgan fingerprint density at radius 2 is 2.00 bits per heavy atom. The number of hydrogen-bond acceptors (Lipinski definition) is 6. The number of methoxy groups -OCH3 is 1. The minimum absolute atomic E-state index is 0.184. The summed E-state index contributed by atoms with van der Waals surface area (Å²) < 4.78 is 6.74. The van der Waals surface area contributed by atoms with Gasteiger partial charge in [-0.1, -0.05) is 6.92 Å². The first-order valence-corrected chi connectivity index (χ1v) is 7.69. The SMILES string of the molecule is CCCn1c(=O)c(N)cc2c(Nc3ccc(OC)cc3)ncnc21. The number of hydrogen-bond donors (Lipinski definition) is 2. The molecule has 2 heterocycles. The Bertz CT molecular complexity index is 919. The van der Waals surface area contributed by atoms with Crippen LogP contribution in [0, 0.1) is 0 Å². The van der Waals surface area contributed by atoms with Gasteiger partial charge in [-0.05, 0) is 36.8 Å². The van der Waals surface area contributed by atoms with Crippen LogP contribution in [-0.2, 0) is 6.54 Å². The summed E-state index contributed by atoms with van der Waals surface area (Å²) in [5.41, 5.74) is 7.27. The summed E-state index contributed by atoms with van der Waals surface area (Å²) in [6.07, 6.45) is 2.25. The zero-order chi connectivity index (χ0) is 17.1. The Morgan fingerprint density at radius 3 is 2.67 bits per heavy atom. The Kier molecular flexibility index (Phi) is 4.33. The average molecular weight is 325 g/mol. The maximum atomic E-state index is 12.3. The lowest BCUT2D eigenvalue weighted by molar-refractivity contribution is 0.415. The van der Waals surface area contributed by atoms with Crippen LogP contribution in [0.3, 0.4) is 0 Å². The highest BCUT2D eigenvalue weighted by molar-refractivity contribution is 5.90. The van der Waals surface area contributed by atoms with Gasteiger partial charge in [-0.25, -0.2) is 9.97 Å². The Balaban J connectivity index is 2.09. The van der Waals surface area contributed by atoms with Crippen LogP contribution >= 0.6 is 0 Å². The van der Waals surface area contributed by atoms with E-state index in [1.165, 1.54) is 6.33 Å². The molecule has 0 aliphatic carbocycles. The predicted molar refractivity (Wildman–Crippen MR) is 94.8 cm³/mol. The van der Waals surface area contributed by atoms with Gasteiger partial charge in [-0.15, -0.1) is 0 Å². The first-order chi connectivity index (χ1) is 11.6. The normalized spacial score (nSPS) is 10.8. The lowest BCUT2D eigenvalue weighted by Gasteiger charge is -2.13. The van der Waals surface area contributed by atoms with Crippen LogP contribution in [0.4, 0.5) is 17.2 Å². The van der Waals surface area contributed by atoms with E-state index < -0.39 is 0 Å². The number of nitrogens with zero attached hydrogens (tertiary/aromatic N) is 3. The summed E-state index contributed by atoms with van der Waals surface area (Å²) in [6, 6.07) is 9.10. The monoisotopic (exact) mass is 325 g/mol. The molecule has 0 bridgehead atoms. The molecule has 0 unspecified atom stereocenters. The van der Waals surface area contributed by atoms with E-state index in [0.717, 1.165) is 17.9 Å². The van der Waals surface area contributed by atoms with Crippen molar-refractivity contribution in [2.45, 2.75) is 19.9 Å². The van der Waals surface area contributed by atoms with Gasteiger partial charge in [0.2, 0.25) is 0 Å². The van der Waals surface area contributed by atoms with E-state index in [4.69, 9.17) is 10.5 Å². The van der Waals surface area contributed by atoms with E-state index in [1.807, 2.05) is 31.2 Å². The zero-order valence-electron chi connectivity index (χ0n) is 13.6.